The van der Waals surface area contributed by atoms with Crippen molar-refractivity contribution in [3.8, 4) is 11.5 Å². The predicted octanol–water partition coefficient (Wildman–Crippen LogP) is 3.53. The number of nitrogens with one attached hydrogen (secondary N) is 2. The molecule has 3 aromatic rings. The van der Waals surface area contributed by atoms with Crippen LogP contribution < -0.4 is 14.8 Å². The fourth-order valence-corrected chi connectivity index (χ4v) is 4.26. The maximum atomic E-state index is 14.1. The van der Waals surface area contributed by atoms with E-state index in [0.717, 1.165) is 37.0 Å². The minimum atomic E-state index is -0.486. The van der Waals surface area contributed by atoms with Gasteiger partial charge in [-0.05, 0) is 43.0 Å². The molecule has 0 bridgehead atoms. The molecule has 10 heteroatoms. The zero-order valence-electron chi connectivity index (χ0n) is 14.6. The summed E-state index contributed by atoms with van der Waals surface area (Å²) in [5.74, 6) is -0.298. The van der Waals surface area contributed by atoms with E-state index in [0.29, 0.717) is 20.7 Å². The van der Waals surface area contributed by atoms with Gasteiger partial charge in [-0.3, -0.25) is 10.1 Å². The summed E-state index contributed by atoms with van der Waals surface area (Å²) in [5.41, 5.74) is 0. The van der Waals surface area contributed by atoms with Gasteiger partial charge >= 0.3 is 0 Å². The highest BCUT2D eigenvalue weighted by atomic mass is 32.1. The molecule has 2 N–H and O–H groups in total. The number of rotatable bonds is 5. The lowest BCUT2D eigenvalue weighted by Gasteiger charge is -2.23. The number of ether oxygens (including phenoxy) is 2. The molecule has 1 aliphatic carbocycles. The molecule has 0 spiro atoms. The Morgan fingerprint density at radius 1 is 1.33 bits per heavy atom. The molecule has 0 atom stereocenters. The summed E-state index contributed by atoms with van der Waals surface area (Å²) >= 11 is 1.16. The molecule has 0 aliphatic heterocycles. The van der Waals surface area contributed by atoms with Gasteiger partial charge in [-0.2, -0.15) is 5.21 Å². The quantitative estimate of drug-likeness (QED) is 0.690. The van der Waals surface area contributed by atoms with Crippen LogP contribution in [-0.4, -0.2) is 39.7 Å². The van der Waals surface area contributed by atoms with Crippen molar-refractivity contribution in [1.29, 1.82) is 0 Å². The first-order valence-corrected chi connectivity index (χ1v) is 9.49. The lowest BCUT2D eigenvalue weighted by Crippen LogP contribution is -2.21. The Bertz CT molecular complexity index is 953. The first kappa shape index (κ1) is 17.7. The summed E-state index contributed by atoms with van der Waals surface area (Å²) in [6.07, 6.45) is 5.27. The third kappa shape index (κ3) is 3.57. The summed E-state index contributed by atoms with van der Waals surface area (Å²) in [6.45, 7) is 0. The largest absolute Gasteiger partial charge is 0.494 e. The second-order valence-electron chi connectivity index (χ2n) is 6.31. The van der Waals surface area contributed by atoms with E-state index in [4.69, 9.17) is 9.47 Å². The van der Waals surface area contributed by atoms with Crippen LogP contribution in [0.25, 0.3) is 10.1 Å². The number of aromatic nitrogens is 4. The van der Waals surface area contributed by atoms with E-state index < -0.39 is 11.7 Å². The van der Waals surface area contributed by atoms with E-state index in [2.05, 4.69) is 25.9 Å². The molecule has 27 heavy (non-hydrogen) atoms. The van der Waals surface area contributed by atoms with Gasteiger partial charge in [0.25, 0.3) is 11.9 Å². The Morgan fingerprint density at radius 3 is 2.85 bits per heavy atom. The molecule has 0 saturated heterocycles. The summed E-state index contributed by atoms with van der Waals surface area (Å²) in [5, 5.41) is 16.4. The lowest BCUT2D eigenvalue weighted by molar-refractivity contribution is 0.101. The zero-order valence-corrected chi connectivity index (χ0v) is 15.4. The van der Waals surface area contributed by atoms with Crippen molar-refractivity contribution in [1.82, 2.24) is 20.6 Å². The number of benzene rings is 1. The van der Waals surface area contributed by atoms with Gasteiger partial charge in [-0.15, -0.1) is 16.4 Å². The number of anilines is 1. The van der Waals surface area contributed by atoms with E-state index in [-0.39, 0.29) is 17.8 Å². The van der Waals surface area contributed by atoms with Crippen LogP contribution in [0.15, 0.2) is 12.1 Å². The maximum Gasteiger partial charge on any atom is 0.272 e. The highest BCUT2D eigenvalue weighted by molar-refractivity contribution is 7.21. The number of carbonyl (C=O) groups is 1. The summed E-state index contributed by atoms with van der Waals surface area (Å²) in [4.78, 5) is 13.1. The van der Waals surface area contributed by atoms with Crippen molar-refractivity contribution >= 4 is 33.3 Å². The number of aromatic amines is 1. The van der Waals surface area contributed by atoms with Crippen molar-refractivity contribution in [2.75, 3.05) is 12.4 Å². The number of H-pyrrole nitrogens is 1. The monoisotopic (exact) mass is 391 g/mol. The SMILES string of the molecule is COc1cc2c(OC3CCCCC3)c(C(=O)Nc3nn[nH]n3)sc2cc1F. The molecule has 0 radical (unpaired) electrons. The molecular formula is C17H18FN5O3S. The molecule has 2 heterocycles. The highest BCUT2D eigenvalue weighted by Crippen LogP contribution is 2.42. The van der Waals surface area contributed by atoms with Crippen LogP contribution in [-0.2, 0) is 0 Å². The van der Waals surface area contributed by atoms with Crippen molar-refractivity contribution in [3.05, 3.63) is 22.8 Å². The van der Waals surface area contributed by atoms with Gasteiger partial charge in [0.2, 0.25) is 0 Å². The molecule has 4 rings (SSSR count). The molecule has 0 unspecified atom stereocenters. The molecule has 1 aromatic carbocycles. The Labute approximate surface area is 158 Å². The van der Waals surface area contributed by atoms with E-state index in [1.165, 1.54) is 19.6 Å². The standard InChI is InChI=1S/C17H18FN5O3S/c1-25-12-7-10-13(8-11(12)18)27-15(16(24)19-17-20-22-23-21-17)14(10)26-9-5-3-2-4-6-9/h7-9H,2-6H2,1H3,(H2,19,20,21,22,23,24). The van der Waals surface area contributed by atoms with Gasteiger partial charge in [0.15, 0.2) is 17.3 Å². The molecule has 1 fully saturated rings. The molecule has 142 valence electrons. The van der Waals surface area contributed by atoms with Crippen LogP contribution in [0, 0.1) is 5.82 Å². The van der Waals surface area contributed by atoms with E-state index in [1.54, 1.807) is 6.07 Å². The minimum absolute atomic E-state index is 0.0318. The van der Waals surface area contributed by atoms with Crippen molar-refractivity contribution < 1.29 is 18.7 Å². The predicted molar refractivity (Wildman–Crippen MR) is 98.0 cm³/mol. The first-order valence-electron chi connectivity index (χ1n) is 8.67. The number of hydrogen-bond acceptors (Lipinski definition) is 7. The third-order valence-electron chi connectivity index (χ3n) is 4.53. The number of tetrazole rings is 1. The second kappa shape index (κ2) is 7.47. The summed E-state index contributed by atoms with van der Waals surface area (Å²) in [6, 6.07) is 2.93. The molecule has 1 aliphatic rings. The van der Waals surface area contributed by atoms with Crippen LogP contribution in [0.2, 0.25) is 0 Å². The van der Waals surface area contributed by atoms with E-state index >= 15 is 0 Å². The van der Waals surface area contributed by atoms with Gasteiger partial charge in [-0.1, -0.05) is 11.5 Å². The summed E-state index contributed by atoms with van der Waals surface area (Å²) < 4.78 is 26.1. The number of amides is 1. The minimum Gasteiger partial charge on any atom is -0.494 e. The highest BCUT2D eigenvalue weighted by Gasteiger charge is 2.26. The number of hydrogen-bond donors (Lipinski definition) is 2. The molecule has 1 amide bonds. The van der Waals surface area contributed by atoms with E-state index in [9.17, 15) is 9.18 Å². The van der Waals surface area contributed by atoms with Crippen LogP contribution >= 0.6 is 11.3 Å². The van der Waals surface area contributed by atoms with Crippen LogP contribution in [0.5, 0.6) is 11.5 Å². The van der Waals surface area contributed by atoms with E-state index in [1.807, 2.05) is 0 Å². The number of thiophene rings is 1. The number of methoxy groups -OCH3 is 1. The summed E-state index contributed by atoms with van der Waals surface area (Å²) in [7, 11) is 1.40. The van der Waals surface area contributed by atoms with Gasteiger partial charge in [0.1, 0.15) is 4.88 Å². The second-order valence-corrected chi connectivity index (χ2v) is 7.36. The molecular weight excluding hydrogens is 373 g/mol. The Hall–Kier alpha value is -2.75. The normalized spacial score (nSPS) is 15.0. The average Bonchev–Trinajstić information content (AvgIpc) is 3.30. The molecule has 1 saturated carbocycles. The van der Waals surface area contributed by atoms with Crippen LogP contribution in [0.3, 0.4) is 0 Å². The Kier molecular flexibility index (Phi) is 4.88. The van der Waals surface area contributed by atoms with Gasteiger partial charge in [-0.25, -0.2) is 4.39 Å². The average molecular weight is 391 g/mol. The number of carbonyl (C=O) groups excluding carboxylic acids is 1. The first-order chi connectivity index (χ1) is 13.2. The van der Waals surface area contributed by atoms with Crippen LogP contribution in [0.1, 0.15) is 41.8 Å². The fourth-order valence-electron chi connectivity index (χ4n) is 3.22. The van der Waals surface area contributed by atoms with Crippen molar-refractivity contribution in [2.45, 2.75) is 38.2 Å². The number of halogens is 1. The Balaban J connectivity index is 1.75. The maximum absolute atomic E-state index is 14.1. The molecule has 2 aromatic heterocycles. The Morgan fingerprint density at radius 2 is 2.15 bits per heavy atom. The number of nitrogens with zero attached hydrogens (tertiary/aromatic N) is 3. The van der Waals surface area contributed by atoms with Gasteiger partial charge in [0.05, 0.1) is 13.2 Å². The zero-order chi connectivity index (χ0) is 18.8. The smallest absolute Gasteiger partial charge is 0.272 e. The van der Waals surface area contributed by atoms with Gasteiger partial charge in [0, 0.05) is 10.1 Å². The number of fused-ring (bicyclic) bond motifs is 1. The van der Waals surface area contributed by atoms with Crippen LogP contribution in [0.4, 0.5) is 10.3 Å². The van der Waals surface area contributed by atoms with Crippen molar-refractivity contribution in [3.63, 3.8) is 0 Å². The molecule has 8 nitrogen and oxygen atoms in total. The third-order valence-corrected chi connectivity index (χ3v) is 5.66. The topological polar surface area (TPSA) is 102 Å². The van der Waals surface area contributed by atoms with Gasteiger partial charge < -0.3 is 9.47 Å². The fraction of sp³-hybridized carbons (Fsp3) is 0.412. The van der Waals surface area contributed by atoms with Crippen molar-refractivity contribution in [2.24, 2.45) is 0 Å². The lowest BCUT2D eigenvalue weighted by atomic mass is 9.98.